The average Bonchev–Trinajstić information content (AvgIpc) is 2.99. The first-order valence-electron chi connectivity index (χ1n) is 5.65. The summed E-state index contributed by atoms with van der Waals surface area (Å²) < 4.78 is 1.11. The Morgan fingerprint density at radius 3 is 2.72 bits per heavy atom. The van der Waals surface area contributed by atoms with Crippen LogP contribution in [0.3, 0.4) is 0 Å². The summed E-state index contributed by atoms with van der Waals surface area (Å²) in [5, 5.41) is 2.01. The minimum Gasteiger partial charge on any atom is -0.350 e. The Labute approximate surface area is 109 Å². The number of aromatic nitrogens is 1. The Balaban J connectivity index is 1.93. The molecule has 0 saturated heterocycles. The van der Waals surface area contributed by atoms with Crippen molar-refractivity contribution in [2.45, 2.75) is 0 Å². The molecule has 18 heavy (non-hydrogen) atoms. The van der Waals surface area contributed by atoms with Crippen molar-refractivity contribution in [2.75, 3.05) is 11.9 Å². The lowest BCUT2D eigenvalue weighted by Crippen LogP contribution is -2.26. The van der Waals surface area contributed by atoms with Crippen LogP contribution in [0.2, 0.25) is 0 Å². The van der Waals surface area contributed by atoms with Crippen molar-refractivity contribution in [2.24, 2.45) is 0 Å². The van der Waals surface area contributed by atoms with Crippen LogP contribution < -0.4 is 4.90 Å². The molecule has 0 saturated carbocycles. The van der Waals surface area contributed by atoms with Gasteiger partial charge in [0.1, 0.15) is 5.69 Å². The molecule has 1 amide bonds. The van der Waals surface area contributed by atoms with E-state index in [4.69, 9.17) is 0 Å². The second-order valence-electron chi connectivity index (χ2n) is 4.08. The molecule has 0 aliphatic heterocycles. The second kappa shape index (κ2) is 4.31. The van der Waals surface area contributed by atoms with Crippen molar-refractivity contribution in [3.63, 3.8) is 0 Å². The van der Waals surface area contributed by atoms with Gasteiger partial charge in [0.15, 0.2) is 0 Å². The van der Waals surface area contributed by atoms with E-state index in [1.54, 1.807) is 23.3 Å². The van der Waals surface area contributed by atoms with Gasteiger partial charge < -0.3 is 9.88 Å². The predicted molar refractivity (Wildman–Crippen MR) is 75.4 cm³/mol. The smallest absolute Gasteiger partial charge is 0.274 e. The molecule has 3 nitrogen and oxygen atoms in total. The van der Waals surface area contributed by atoms with Crippen LogP contribution in [-0.2, 0) is 0 Å². The number of nitrogens with zero attached hydrogens (tertiary/aromatic N) is 1. The molecule has 2 heterocycles. The van der Waals surface area contributed by atoms with E-state index in [1.807, 2.05) is 47.8 Å². The third-order valence-corrected chi connectivity index (χ3v) is 3.78. The van der Waals surface area contributed by atoms with Crippen LogP contribution in [0.15, 0.2) is 47.8 Å². The lowest BCUT2D eigenvalue weighted by atomic mass is 10.3. The molecular weight excluding hydrogens is 244 g/mol. The molecule has 0 aliphatic carbocycles. The molecule has 0 radical (unpaired) electrons. The SMILES string of the molecule is CN(C(=O)c1cc2sccc2[nH]1)c1ccccc1. The molecule has 2 aromatic heterocycles. The van der Waals surface area contributed by atoms with E-state index in [1.165, 1.54) is 0 Å². The van der Waals surface area contributed by atoms with Gasteiger partial charge in [-0.2, -0.15) is 0 Å². The van der Waals surface area contributed by atoms with Crippen molar-refractivity contribution in [3.05, 3.63) is 53.5 Å². The first kappa shape index (κ1) is 11.0. The van der Waals surface area contributed by atoms with E-state index in [-0.39, 0.29) is 5.91 Å². The maximum absolute atomic E-state index is 12.3. The van der Waals surface area contributed by atoms with Gasteiger partial charge in [0.25, 0.3) is 5.91 Å². The van der Waals surface area contributed by atoms with Gasteiger partial charge in [0.05, 0.1) is 10.2 Å². The number of thiophene rings is 1. The van der Waals surface area contributed by atoms with E-state index in [9.17, 15) is 4.79 Å². The molecule has 90 valence electrons. The lowest BCUT2D eigenvalue weighted by Gasteiger charge is -2.16. The fourth-order valence-corrected chi connectivity index (χ4v) is 2.70. The van der Waals surface area contributed by atoms with Gasteiger partial charge in [-0.05, 0) is 29.6 Å². The Morgan fingerprint density at radius 1 is 1.22 bits per heavy atom. The van der Waals surface area contributed by atoms with Gasteiger partial charge in [-0.15, -0.1) is 11.3 Å². The quantitative estimate of drug-likeness (QED) is 0.748. The molecule has 4 heteroatoms. The highest BCUT2D eigenvalue weighted by atomic mass is 32.1. The van der Waals surface area contributed by atoms with E-state index < -0.39 is 0 Å². The number of benzene rings is 1. The minimum atomic E-state index is -0.0235. The normalized spacial score (nSPS) is 10.7. The minimum absolute atomic E-state index is 0.0235. The number of rotatable bonds is 2. The molecule has 3 aromatic rings. The van der Waals surface area contributed by atoms with Crippen LogP contribution in [0.25, 0.3) is 10.2 Å². The summed E-state index contributed by atoms with van der Waals surface area (Å²) in [5.74, 6) is -0.0235. The van der Waals surface area contributed by atoms with Gasteiger partial charge in [-0.3, -0.25) is 4.79 Å². The second-order valence-corrected chi connectivity index (χ2v) is 5.03. The maximum Gasteiger partial charge on any atom is 0.274 e. The molecule has 3 rings (SSSR count). The van der Waals surface area contributed by atoms with Crippen molar-refractivity contribution in [3.8, 4) is 0 Å². The monoisotopic (exact) mass is 256 g/mol. The summed E-state index contributed by atoms with van der Waals surface area (Å²) in [7, 11) is 1.78. The van der Waals surface area contributed by atoms with Crippen LogP contribution in [-0.4, -0.2) is 17.9 Å². The summed E-state index contributed by atoms with van der Waals surface area (Å²) in [6, 6.07) is 13.5. The zero-order chi connectivity index (χ0) is 12.5. The number of nitrogens with one attached hydrogen (secondary N) is 1. The topological polar surface area (TPSA) is 36.1 Å². The van der Waals surface area contributed by atoms with Gasteiger partial charge in [0.2, 0.25) is 0 Å². The number of amides is 1. The number of carbonyl (C=O) groups excluding carboxylic acids is 1. The van der Waals surface area contributed by atoms with Crippen LogP contribution in [0.4, 0.5) is 5.69 Å². The van der Waals surface area contributed by atoms with Crippen LogP contribution in [0.5, 0.6) is 0 Å². The Hall–Kier alpha value is -2.07. The van der Waals surface area contributed by atoms with E-state index >= 15 is 0 Å². The number of aromatic amines is 1. The fourth-order valence-electron chi connectivity index (χ4n) is 1.91. The molecule has 0 aliphatic rings. The van der Waals surface area contributed by atoms with Crippen molar-refractivity contribution < 1.29 is 4.79 Å². The van der Waals surface area contributed by atoms with Gasteiger partial charge >= 0.3 is 0 Å². The van der Waals surface area contributed by atoms with Gasteiger partial charge in [-0.1, -0.05) is 18.2 Å². The molecule has 0 fully saturated rings. The molecular formula is C14H12N2OS. The summed E-state index contributed by atoms with van der Waals surface area (Å²) in [6.07, 6.45) is 0. The van der Waals surface area contributed by atoms with Gasteiger partial charge in [0, 0.05) is 12.7 Å². The van der Waals surface area contributed by atoms with Crippen LogP contribution >= 0.6 is 11.3 Å². The Morgan fingerprint density at radius 2 is 2.00 bits per heavy atom. The zero-order valence-electron chi connectivity index (χ0n) is 9.88. The average molecular weight is 256 g/mol. The van der Waals surface area contributed by atoms with E-state index in [2.05, 4.69) is 4.98 Å². The summed E-state index contributed by atoms with van der Waals surface area (Å²) >= 11 is 1.63. The molecule has 0 spiro atoms. The molecule has 0 unspecified atom stereocenters. The number of carbonyl (C=O) groups is 1. The van der Waals surface area contributed by atoms with Crippen molar-refractivity contribution in [1.82, 2.24) is 4.98 Å². The van der Waals surface area contributed by atoms with Gasteiger partial charge in [-0.25, -0.2) is 0 Å². The molecule has 0 atom stereocenters. The summed E-state index contributed by atoms with van der Waals surface area (Å²) in [4.78, 5) is 17.1. The van der Waals surface area contributed by atoms with Crippen molar-refractivity contribution >= 4 is 33.1 Å². The van der Waals surface area contributed by atoms with E-state index in [0.717, 1.165) is 15.9 Å². The number of hydrogen-bond acceptors (Lipinski definition) is 2. The lowest BCUT2D eigenvalue weighted by molar-refractivity contribution is 0.0989. The number of H-pyrrole nitrogens is 1. The Bertz CT molecular complexity index is 655. The first-order valence-corrected chi connectivity index (χ1v) is 6.53. The summed E-state index contributed by atoms with van der Waals surface area (Å²) in [5.41, 5.74) is 2.54. The third kappa shape index (κ3) is 1.80. The number of fused-ring (bicyclic) bond motifs is 1. The maximum atomic E-state index is 12.3. The zero-order valence-corrected chi connectivity index (χ0v) is 10.7. The standard InChI is InChI=1S/C14H12N2OS/c1-16(10-5-3-2-4-6-10)14(17)12-9-13-11(15-12)7-8-18-13/h2-9,15H,1H3. The highest BCUT2D eigenvalue weighted by molar-refractivity contribution is 7.17. The number of anilines is 1. The highest BCUT2D eigenvalue weighted by Crippen LogP contribution is 2.23. The van der Waals surface area contributed by atoms with Crippen molar-refractivity contribution in [1.29, 1.82) is 0 Å². The molecule has 0 bridgehead atoms. The number of para-hydroxylation sites is 1. The largest absolute Gasteiger partial charge is 0.350 e. The van der Waals surface area contributed by atoms with Crippen LogP contribution in [0.1, 0.15) is 10.5 Å². The predicted octanol–water partition coefficient (Wildman–Crippen LogP) is 3.51. The number of hydrogen-bond donors (Lipinski definition) is 1. The molecule has 1 N–H and O–H groups in total. The summed E-state index contributed by atoms with van der Waals surface area (Å²) in [6.45, 7) is 0. The first-order chi connectivity index (χ1) is 8.75. The fraction of sp³-hybridized carbons (Fsp3) is 0.0714. The van der Waals surface area contributed by atoms with E-state index in [0.29, 0.717) is 5.69 Å². The Kier molecular flexibility index (Phi) is 2.64. The van der Waals surface area contributed by atoms with Crippen LogP contribution in [0, 0.1) is 0 Å². The molecule has 1 aromatic carbocycles. The third-order valence-electron chi connectivity index (χ3n) is 2.92. The highest BCUT2D eigenvalue weighted by Gasteiger charge is 2.15.